The fourth-order valence-corrected chi connectivity index (χ4v) is 3.37. The zero-order chi connectivity index (χ0) is 17.8. The first-order valence-electron chi connectivity index (χ1n) is 8.83. The molecule has 7 nitrogen and oxygen atoms in total. The summed E-state index contributed by atoms with van der Waals surface area (Å²) in [4.78, 5) is 30.7. The molecule has 3 amide bonds. The smallest absolute Gasteiger partial charge is 0.317 e. The number of urea groups is 1. The van der Waals surface area contributed by atoms with Gasteiger partial charge in [-0.1, -0.05) is 13.0 Å². The van der Waals surface area contributed by atoms with Crippen LogP contribution >= 0.6 is 0 Å². The molecule has 2 aliphatic rings. The van der Waals surface area contributed by atoms with Crippen molar-refractivity contribution in [1.29, 1.82) is 0 Å². The molecule has 2 saturated heterocycles. The number of ether oxygens (including phenoxy) is 1. The summed E-state index contributed by atoms with van der Waals surface area (Å²) in [6.45, 7) is 6.93. The number of nitrogens with one attached hydrogen (secondary N) is 1. The number of anilines is 1. The molecule has 7 heteroatoms. The lowest BCUT2D eigenvalue weighted by Crippen LogP contribution is -2.53. The van der Waals surface area contributed by atoms with E-state index in [1.165, 1.54) is 0 Å². The highest BCUT2D eigenvalue weighted by molar-refractivity contribution is 5.97. The van der Waals surface area contributed by atoms with E-state index in [4.69, 9.17) is 4.74 Å². The van der Waals surface area contributed by atoms with Gasteiger partial charge in [-0.3, -0.25) is 4.79 Å². The molecule has 2 heterocycles. The van der Waals surface area contributed by atoms with Crippen LogP contribution in [0.1, 0.15) is 13.3 Å². The molecule has 136 valence electrons. The van der Waals surface area contributed by atoms with E-state index < -0.39 is 0 Å². The van der Waals surface area contributed by atoms with Crippen molar-refractivity contribution in [2.24, 2.45) is 0 Å². The summed E-state index contributed by atoms with van der Waals surface area (Å²) in [5.41, 5.74) is 0.803. The lowest BCUT2D eigenvalue weighted by molar-refractivity contribution is -0.117. The molecule has 1 aromatic carbocycles. The van der Waals surface area contributed by atoms with Crippen LogP contribution < -0.4 is 15.0 Å². The van der Waals surface area contributed by atoms with Crippen molar-refractivity contribution in [3.8, 4) is 5.75 Å². The van der Waals surface area contributed by atoms with Crippen molar-refractivity contribution in [3.05, 3.63) is 24.3 Å². The number of nitrogens with zero attached hydrogens (tertiary/aromatic N) is 3. The Hall–Kier alpha value is -2.28. The average molecular weight is 346 g/mol. The maximum Gasteiger partial charge on any atom is 0.317 e. The lowest BCUT2D eigenvalue weighted by Gasteiger charge is -2.34. The molecule has 0 spiro atoms. The van der Waals surface area contributed by atoms with Gasteiger partial charge in [0.25, 0.3) is 0 Å². The quantitative estimate of drug-likeness (QED) is 0.888. The van der Waals surface area contributed by atoms with Gasteiger partial charge in [0, 0.05) is 50.9 Å². The van der Waals surface area contributed by atoms with Crippen LogP contribution in [0, 0.1) is 0 Å². The molecule has 1 N–H and O–H groups in total. The molecule has 0 aromatic heterocycles. The Morgan fingerprint density at radius 1 is 1.28 bits per heavy atom. The van der Waals surface area contributed by atoms with Crippen LogP contribution in [0.25, 0.3) is 0 Å². The van der Waals surface area contributed by atoms with Gasteiger partial charge in [-0.25, -0.2) is 4.79 Å². The minimum Gasteiger partial charge on any atom is -0.497 e. The Bertz CT molecular complexity index is 629. The number of amides is 3. The number of hydrogen-bond acceptors (Lipinski definition) is 4. The van der Waals surface area contributed by atoms with Crippen LogP contribution in [0.2, 0.25) is 0 Å². The highest BCUT2D eigenvalue weighted by Crippen LogP contribution is 2.25. The minimum atomic E-state index is -0.157. The number of piperazine rings is 1. The summed E-state index contributed by atoms with van der Waals surface area (Å²) in [6, 6.07) is 7.21. The summed E-state index contributed by atoms with van der Waals surface area (Å²) in [5, 5.41) is 3.01. The Morgan fingerprint density at radius 3 is 2.72 bits per heavy atom. The summed E-state index contributed by atoms with van der Waals surface area (Å²) in [7, 11) is 1.60. The van der Waals surface area contributed by atoms with Crippen molar-refractivity contribution in [1.82, 2.24) is 15.1 Å². The maximum absolute atomic E-state index is 12.4. The van der Waals surface area contributed by atoms with E-state index >= 15 is 0 Å². The average Bonchev–Trinajstić information content (AvgIpc) is 3.02. The SMILES string of the molecule is CCN1CCN(C(=O)N[C@@H]2CC(=O)N(c3cccc(OC)c3)C2)CC1. The molecule has 1 aromatic rings. The van der Waals surface area contributed by atoms with Gasteiger partial charge in [-0.05, 0) is 18.7 Å². The van der Waals surface area contributed by atoms with Crippen molar-refractivity contribution in [2.75, 3.05) is 51.3 Å². The summed E-state index contributed by atoms with van der Waals surface area (Å²) >= 11 is 0. The third-order valence-electron chi connectivity index (χ3n) is 4.92. The number of likely N-dealkylation sites (N-methyl/N-ethyl adjacent to an activating group) is 1. The van der Waals surface area contributed by atoms with Crippen molar-refractivity contribution >= 4 is 17.6 Å². The molecule has 25 heavy (non-hydrogen) atoms. The molecule has 0 bridgehead atoms. The van der Waals surface area contributed by atoms with E-state index in [0.29, 0.717) is 18.7 Å². The molecular weight excluding hydrogens is 320 g/mol. The first-order valence-corrected chi connectivity index (χ1v) is 8.83. The predicted octanol–water partition coefficient (Wildman–Crippen LogP) is 1.15. The van der Waals surface area contributed by atoms with E-state index in [2.05, 4.69) is 17.1 Å². The van der Waals surface area contributed by atoms with Crippen molar-refractivity contribution < 1.29 is 14.3 Å². The molecule has 0 unspecified atom stereocenters. The molecule has 0 radical (unpaired) electrons. The summed E-state index contributed by atoms with van der Waals surface area (Å²) in [5.74, 6) is 0.737. The number of carbonyl (C=O) groups excluding carboxylic acids is 2. The van der Waals surface area contributed by atoms with E-state index in [0.717, 1.165) is 38.4 Å². The predicted molar refractivity (Wildman–Crippen MR) is 96.0 cm³/mol. The van der Waals surface area contributed by atoms with Crippen LogP contribution in [0.4, 0.5) is 10.5 Å². The summed E-state index contributed by atoms with van der Waals surface area (Å²) in [6.07, 6.45) is 0.331. The van der Waals surface area contributed by atoms with Crippen LogP contribution in [0.15, 0.2) is 24.3 Å². The highest BCUT2D eigenvalue weighted by atomic mass is 16.5. The number of benzene rings is 1. The number of rotatable bonds is 4. The Kier molecular flexibility index (Phi) is 5.43. The molecule has 2 aliphatic heterocycles. The van der Waals surface area contributed by atoms with Gasteiger partial charge in [-0.2, -0.15) is 0 Å². The maximum atomic E-state index is 12.4. The van der Waals surface area contributed by atoms with Gasteiger partial charge < -0.3 is 24.8 Å². The standard InChI is InChI=1S/C18H26N4O3/c1-3-20-7-9-21(10-8-20)18(24)19-14-11-17(23)22(13-14)15-5-4-6-16(12-15)25-2/h4-6,12,14H,3,7-11,13H2,1-2H3,(H,19,24)/t14-/m1/s1. The first-order chi connectivity index (χ1) is 12.1. The third-order valence-corrected chi connectivity index (χ3v) is 4.92. The molecular formula is C18H26N4O3. The zero-order valence-corrected chi connectivity index (χ0v) is 14.9. The monoisotopic (exact) mass is 346 g/mol. The second-order valence-corrected chi connectivity index (χ2v) is 6.48. The fraction of sp³-hybridized carbons (Fsp3) is 0.556. The molecule has 0 aliphatic carbocycles. The van der Waals surface area contributed by atoms with E-state index in [9.17, 15) is 9.59 Å². The van der Waals surface area contributed by atoms with Gasteiger partial charge in [0.05, 0.1) is 13.2 Å². The Morgan fingerprint density at radius 2 is 2.04 bits per heavy atom. The number of carbonyl (C=O) groups is 2. The second kappa shape index (κ2) is 7.74. The van der Waals surface area contributed by atoms with E-state index in [1.54, 1.807) is 12.0 Å². The molecule has 0 saturated carbocycles. The van der Waals surface area contributed by atoms with Crippen molar-refractivity contribution in [2.45, 2.75) is 19.4 Å². The fourth-order valence-electron chi connectivity index (χ4n) is 3.37. The van der Waals surface area contributed by atoms with Crippen LogP contribution in [0.5, 0.6) is 5.75 Å². The molecule has 2 fully saturated rings. The molecule has 3 rings (SSSR count). The van der Waals surface area contributed by atoms with Gasteiger partial charge in [0.15, 0.2) is 0 Å². The number of methoxy groups -OCH3 is 1. The highest BCUT2D eigenvalue weighted by Gasteiger charge is 2.33. The van der Waals surface area contributed by atoms with Crippen LogP contribution in [-0.2, 0) is 4.79 Å². The zero-order valence-electron chi connectivity index (χ0n) is 14.9. The minimum absolute atomic E-state index is 0.0226. The third kappa shape index (κ3) is 4.04. The largest absolute Gasteiger partial charge is 0.497 e. The Labute approximate surface area is 148 Å². The normalized spacial score (nSPS) is 21.5. The first kappa shape index (κ1) is 17.5. The van der Waals surface area contributed by atoms with Crippen LogP contribution in [0.3, 0.4) is 0 Å². The number of hydrogen-bond donors (Lipinski definition) is 1. The lowest BCUT2D eigenvalue weighted by atomic mass is 10.2. The van der Waals surface area contributed by atoms with E-state index in [1.807, 2.05) is 29.2 Å². The summed E-state index contributed by atoms with van der Waals surface area (Å²) < 4.78 is 5.22. The molecule has 1 atom stereocenters. The van der Waals surface area contributed by atoms with Gasteiger partial charge in [0.2, 0.25) is 5.91 Å². The van der Waals surface area contributed by atoms with Gasteiger partial charge in [-0.15, -0.1) is 0 Å². The van der Waals surface area contributed by atoms with Gasteiger partial charge >= 0.3 is 6.03 Å². The van der Waals surface area contributed by atoms with Gasteiger partial charge in [0.1, 0.15) is 5.75 Å². The Balaban J connectivity index is 1.56. The van der Waals surface area contributed by atoms with E-state index in [-0.39, 0.29) is 18.0 Å². The second-order valence-electron chi connectivity index (χ2n) is 6.48. The topological polar surface area (TPSA) is 65.1 Å². The van der Waals surface area contributed by atoms with Crippen LogP contribution in [-0.4, -0.2) is 74.2 Å². The van der Waals surface area contributed by atoms with Crippen molar-refractivity contribution in [3.63, 3.8) is 0 Å².